The molecule has 234 valence electrons. The zero-order valence-electron chi connectivity index (χ0n) is 26.7. The molecule has 8 aromatic carbocycles. The normalized spacial score (nSPS) is 12.0. The number of fused-ring (bicyclic) bond motifs is 6. The highest BCUT2D eigenvalue weighted by atomic mass is 16.3. The van der Waals surface area contributed by atoms with E-state index in [-0.39, 0.29) is 0 Å². The SMILES string of the molecule is c1ccc(N(c2ccc(-c3nc4c5cccc6oc7cccc(c4o3)c7c65)cc2)c2cccc3c2c2ccccc2n3-c2ccccc2)cc1. The Morgan fingerprint density at radius 2 is 1.08 bits per heavy atom. The van der Waals surface area contributed by atoms with Crippen molar-refractivity contribution in [2.75, 3.05) is 4.90 Å². The van der Waals surface area contributed by atoms with Crippen molar-refractivity contribution >= 4 is 82.7 Å². The molecule has 0 radical (unpaired) electrons. The molecule has 50 heavy (non-hydrogen) atoms. The summed E-state index contributed by atoms with van der Waals surface area (Å²) in [4.78, 5) is 7.43. The Morgan fingerprint density at radius 1 is 0.460 bits per heavy atom. The van der Waals surface area contributed by atoms with Gasteiger partial charge in [-0.05, 0) is 78.9 Å². The van der Waals surface area contributed by atoms with Gasteiger partial charge in [0.15, 0.2) is 5.58 Å². The summed E-state index contributed by atoms with van der Waals surface area (Å²) >= 11 is 0. The van der Waals surface area contributed by atoms with Gasteiger partial charge in [0.2, 0.25) is 5.89 Å². The molecule has 0 N–H and O–H groups in total. The summed E-state index contributed by atoms with van der Waals surface area (Å²) in [5.74, 6) is 0.594. The highest BCUT2D eigenvalue weighted by Gasteiger charge is 2.23. The van der Waals surface area contributed by atoms with Crippen LogP contribution in [0.3, 0.4) is 0 Å². The Labute approximate surface area is 286 Å². The Kier molecular flexibility index (Phi) is 5.60. The summed E-state index contributed by atoms with van der Waals surface area (Å²) in [6.07, 6.45) is 0. The molecule has 0 aliphatic rings. The van der Waals surface area contributed by atoms with Crippen LogP contribution in [0.2, 0.25) is 0 Å². The Morgan fingerprint density at radius 3 is 1.88 bits per heavy atom. The number of oxazole rings is 1. The van der Waals surface area contributed by atoms with Gasteiger partial charge in [-0.1, -0.05) is 84.9 Å². The fourth-order valence-corrected chi connectivity index (χ4v) is 7.86. The maximum absolute atomic E-state index is 6.59. The molecule has 0 fully saturated rings. The van der Waals surface area contributed by atoms with Crippen molar-refractivity contribution in [3.63, 3.8) is 0 Å². The number of rotatable bonds is 5. The molecule has 3 heterocycles. The maximum Gasteiger partial charge on any atom is 0.227 e. The van der Waals surface area contributed by atoms with Crippen LogP contribution >= 0.6 is 0 Å². The van der Waals surface area contributed by atoms with Crippen LogP contribution in [0.4, 0.5) is 17.1 Å². The van der Waals surface area contributed by atoms with E-state index in [2.05, 4.69) is 149 Å². The summed E-state index contributed by atoms with van der Waals surface area (Å²) in [5, 5.41) is 6.65. The molecule has 0 bridgehead atoms. The Balaban J connectivity index is 1.09. The van der Waals surface area contributed by atoms with Crippen LogP contribution in [0, 0.1) is 0 Å². The molecule has 5 heteroatoms. The quantitative estimate of drug-likeness (QED) is 0.175. The molecule has 0 saturated carbocycles. The first-order chi connectivity index (χ1) is 24.8. The van der Waals surface area contributed by atoms with E-state index in [1.165, 1.54) is 16.3 Å². The minimum Gasteiger partial charge on any atom is -0.456 e. The van der Waals surface area contributed by atoms with Crippen LogP contribution in [-0.2, 0) is 0 Å². The van der Waals surface area contributed by atoms with Crippen molar-refractivity contribution in [2.45, 2.75) is 0 Å². The fraction of sp³-hybridized carbons (Fsp3) is 0. The largest absolute Gasteiger partial charge is 0.456 e. The number of furan rings is 1. The number of hydrogen-bond acceptors (Lipinski definition) is 4. The summed E-state index contributed by atoms with van der Waals surface area (Å²) in [7, 11) is 0. The van der Waals surface area contributed by atoms with Crippen LogP contribution in [0.5, 0.6) is 0 Å². The smallest absolute Gasteiger partial charge is 0.227 e. The molecule has 11 aromatic rings. The highest BCUT2D eigenvalue weighted by molar-refractivity contribution is 6.31. The topological polar surface area (TPSA) is 47.3 Å². The molecule has 0 amide bonds. The van der Waals surface area contributed by atoms with E-state index >= 15 is 0 Å². The number of anilines is 3. The maximum atomic E-state index is 6.59. The predicted molar refractivity (Wildman–Crippen MR) is 204 cm³/mol. The van der Waals surface area contributed by atoms with E-state index in [4.69, 9.17) is 13.8 Å². The van der Waals surface area contributed by atoms with Gasteiger partial charge in [-0.25, -0.2) is 4.98 Å². The Hall–Kier alpha value is -6.85. The second kappa shape index (κ2) is 10.3. The van der Waals surface area contributed by atoms with Gasteiger partial charge in [0, 0.05) is 54.9 Å². The number of benzene rings is 8. The van der Waals surface area contributed by atoms with Crippen LogP contribution in [0.15, 0.2) is 173 Å². The van der Waals surface area contributed by atoms with Gasteiger partial charge in [0.1, 0.15) is 16.7 Å². The van der Waals surface area contributed by atoms with Gasteiger partial charge >= 0.3 is 0 Å². The average Bonchev–Trinajstić information content (AvgIpc) is 3.89. The molecule has 3 aromatic heterocycles. The highest BCUT2D eigenvalue weighted by Crippen LogP contribution is 2.45. The number of hydrogen-bond donors (Lipinski definition) is 0. The molecular formula is C45H27N3O2. The molecule has 0 spiro atoms. The summed E-state index contributed by atoms with van der Waals surface area (Å²) in [5.41, 5.74) is 11.0. The third kappa shape index (κ3) is 3.80. The number of nitrogens with zero attached hydrogens (tertiary/aromatic N) is 3. The van der Waals surface area contributed by atoms with Gasteiger partial charge in [-0.15, -0.1) is 0 Å². The second-order valence-corrected chi connectivity index (χ2v) is 12.7. The fourth-order valence-electron chi connectivity index (χ4n) is 7.86. The second-order valence-electron chi connectivity index (χ2n) is 12.7. The van der Waals surface area contributed by atoms with E-state index in [0.717, 1.165) is 77.6 Å². The van der Waals surface area contributed by atoms with Gasteiger partial charge in [-0.3, -0.25) is 0 Å². The summed E-state index contributed by atoms with van der Waals surface area (Å²) in [6.45, 7) is 0. The first-order valence-electron chi connectivity index (χ1n) is 16.8. The lowest BCUT2D eigenvalue weighted by atomic mass is 10.0. The van der Waals surface area contributed by atoms with Crippen molar-refractivity contribution in [3.8, 4) is 17.1 Å². The zero-order chi connectivity index (χ0) is 32.8. The van der Waals surface area contributed by atoms with E-state index in [9.17, 15) is 0 Å². The van der Waals surface area contributed by atoms with Crippen molar-refractivity contribution < 1.29 is 8.83 Å². The number of aromatic nitrogens is 2. The first-order valence-corrected chi connectivity index (χ1v) is 16.8. The number of para-hydroxylation sites is 3. The van der Waals surface area contributed by atoms with E-state index < -0.39 is 0 Å². The van der Waals surface area contributed by atoms with Crippen molar-refractivity contribution in [1.29, 1.82) is 0 Å². The van der Waals surface area contributed by atoms with Crippen molar-refractivity contribution in [3.05, 3.63) is 164 Å². The summed E-state index contributed by atoms with van der Waals surface area (Å²) in [6, 6.07) is 57.2. The monoisotopic (exact) mass is 641 g/mol. The first kappa shape index (κ1) is 27.1. The zero-order valence-corrected chi connectivity index (χ0v) is 26.7. The molecule has 11 rings (SSSR count). The summed E-state index contributed by atoms with van der Waals surface area (Å²) < 4.78 is 15.1. The van der Waals surface area contributed by atoms with Crippen LogP contribution in [0.1, 0.15) is 0 Å². The van der Waals surface area contributed by atoms with Gasteiger partial charge < -0.3 is 18.3 Å². The Bertz CT molecular complexity index is 2940. The van der Waals surface area contributed by atoms with E-state index in [0.29, 0.717) is 5.89 Å². The van der Waals surface area contributed by atoms with Crippen molar-refractivity contribution in [2.24, 2.45) is 0 Å². The van der Waals surface area contributed by atoms with E-state index in [1.807, 2.05) is 24.3 Å². The third-order valence-electron chi connectivity index (χ3n) is 9.97. The molecule has 0 saturated heterocycles. The standard InChI is InChI=1S/C45H27N3O2/c1-3-12-29(13-4-1)47(36-20-11-21-37-40(36)32-16-7-8-19-35(32)48(37)30-14-5-2-6-15-30)31-26-24-28(25-27-31)45-46-43-33-17-9-22-38-41(33)42-34(44(43)50-45)18-10-23-39(42)49-38/h1-27H. The lowest BCUT2D eigenvalue weighted by Gasteiger charge is -2.26. The third-order valence-corrected chi connectivity index (χ3v) is 9.97. The lowest BCUT2D eigenvalue weighted by molar-refractivity contribution is 0.623. The minimum atomic E-state index is 0.594. The molecule has 0 atom stereocenters. The minimum absolute atomic E-state index is 0.594. The predicted octanol–water partition coefficient (Wildman–Crippen LogP) is 12.6. The van der Waals surface area contributed by atoms with Crippen LogP contribution in [0.25, 0.3) is 82.8 Å². The van der Waals surface area contributed by atoms with Crippen LogP contribution < -0.4 is 4.90 Å². The average molecular weight is 642 g/mol. The molecule has 0 aliphatic carbocycles. The molecule has 5 nitrogen and oxygen atoms in total. The van der Waals surface area contributed by atoms with Crippen molar-refractivity contribution in [1.82, 2.24) is 9.55 Å². The van der Waals surface area contributed by atoms with Gasteiger partial charge in [0.05, 0.1) is 16.7 Å². The molecular weight excluding hydrogens is 615 g/mol. The molecule has 0 unspecified atom stereocenters. The van der Waals surface area contributed by atoms with Gasteiger partial charge in [0.25, 0.3) is 0 Å². The van der Waals surface area contributed by atoms with E-state index in [1.54, 1.807) is 0 Å². The lowest BCUT2D eigenvalue weighted by Crippen LogP contribution is -2.10. The van der Waals surface area contributed by atoms with Gasteiger partial charge in [-0.2, -0.15) is 0 Å². The van der Waals surface area contributed by atoms with Crippen LogP contribution in [-0.4, -0.2) is 9.55 Å². The molecule has 0 aliphatic heterocycles.